The monoisotopic (exact) mass is 918 g/mol. The smallest absolute Gasteiger partial charge is 0.282 e. The van der Waals surface area contributed by atoms with Crippen molar-refractivity contribution in [1.82, 2.24) is 48.6 Å². The molecule has 0 aromatic carbocycles. The summed E-state index contributed by atoms with van der Waals surface area (Å²) in [6.07, 6.45) is 3.43. The summed E-state index contributed by atoms with van der Waals surface area (Å²) in [4.78, 5) is 32.2. The number of H-pyrrole nitrogens is 1. The summed E-state index contributed by atoms with van der Waals surface area (Å²) in [5.41, 5.74) is 1.93. The van der Waals surface area contributed by atoms with Gasteiger partial charge in [0.15, 0.2) is 11.3 Å². The number of ether oxygens (including phenoxy) is 1. The van der Waals surface area contributed by atoms with Gasteiger partial charge in [-0.2, -0.15) is 15.2 Å². The zero-order valence-corrected chi connectivity index (χ0v) is 36.1. The highest BCUT2D eigenvalue weighted by Gasteiger charge is 2.25. The van der Waals surface area contributed by atoms with E-state index in [0.29, 0.717) is 84.0 Å². The van der Waals surface area contributed by atoms with Crippen LogP contribution in [0.3, 0.4) is 0 Å². The van der Waals surface area contributed by atoms with Gasteiger partial charge >= 0.3 is 0 Å². The molecule has 2 unspecified atom stereocenters. The number of imidazole rings is 2. The van der Waals surface area contributed by atoms with Crippen LogP contribution in [-0.2, 0) is 20.0 Å². The van der Waals surface area contributed by atoms with E-state index >= 15 is 0 Å². The molecule has 0 aliphatic carbocycles. The minimum absolute atomic E-state index is 0.0988. The van der Waals surface area contributed by atoms with E-state index in [2.05, 4.69) is 44.5 Å². The number of anilines is 2. The van der Waals surface area contributed by atoms with E-state index in [0.717, 1.165) is 44.7 Å². The molecule has 24 heteroatoms. The van der Waals surface area contributed by atoms with E-state index in [1.165, 1.54) is 52.7 Å². The Morgan fingerprint density at radius 2 is 1.25 bits per heavy atom. The van der Waals surface area contributed by atoms with Gasteiger partial charge in [0.25, 0.3) is 12.9 Å². The Labute approximate surface area is 359 Å². The summed E-state index contributed by atoms with van der Waals surface area (Å²) in [5, 5.41) is 7.99. The van der Waals surface area contributed by atoms with Gasteiger partial charge in [-0.3, -0.25) is 4.79 Å². The normalized spacial score (nSPS) is 17.4. The van der Waals surface area contributed by atoms with Crippen LogP contribution >= 0.6 is 0 Å². The molecule has 6 aromatic rings. The van der Waals surface area contributed by atoms with Crippen molar-refractivity contribution < 1.29 is 39.1 Å². The highest BCUT2D eigenvalue weighted by Crippen LogP contribution is 2.31. The summed E-state index contributed by atoms with van der Waals surface area (Å²) in [6.45, 7) is 3.35. The molecular formula is C39H46F4N12O6S2. The van der Waals surface area contributed by atoms with Gasteiger partial charge in [0, 0.05) is 62.5 Å². The van der Waals surface area contributed by atoms with Crippen molar-refractivity contribution in [2.24, 2.45) is 11.8 Å². The standard InChI is InChI=1S/C20H24F2N6O3S.C19H22F2N6O3S/c1-31-19-9-14(16-11-23-17-6-5-15(20(21)22)26-28(16)17)8-18(25-19)27-7-3-4-13(12-27)10-24-32(2,29)30;1-31(29,30)23-9-12-3-2-6-26(11-12)17-7-13(8-18(28)24-17)15-10-22-16-5-4-14(19(20)21)25-27(15)16/h5-6,8-9,11,13,20,24H,3-4,7,10,12H2,1-2H3;4-5,7-8,10,12,19,23H,2-3,6,9,11H2,1H3,(H,24,28). The lowest BCUT2D eigenvalue weighted by Gasteiger charge is -2.34. The van der Waals surface area contributed by atoms with Crippen molar-refractivity contribution in [2.45, 2.75) is 38.5 Å². The average molecular weight is 919 g/mol. The van der Waals surface area contributed by atoms with Crippen LogP contribution in [0.1, 0.15) is 49.9 Å². The Bertz CT molecular complexity index is 2860. The van der Waals surface area contributed by atoms with E-state index in [-0.39, 0.29) is 28.8 Å². The molecule has 2 atom stereocenters. The van der Waals surface area contributed by atoms with Crippen LogP contribution in [0, 0.1) is 11.8 Å². The van der Waals surface area contributed by atoms with Gasteiger partial charge < -0.3 is 19.5 Å². The number of fused-ring (bicyclic) bond motifs is 2. The Kier molecular flexibility index (Phi) is 13.6. The molecule has 0 bridgehead atoms. The van der Waals surface area contributed by atoms with Crippen molar-refractivity contribution in [3.63, 3.8) is 0 Å². The minimum atomic E-state index is -3.28. The molecule has 8 rings (SSSR count). The molecule has 6 aromatic heterocycles. The molecule has 8 heterocycles. The molecule has 63 heavy (non-hydrogen) atoms. The molecule has 2 aliphatic heterocycles. The number of aromatic nitrogens is 8. The number of alkyl halides is 4. The number of halogens is 4. The Hall–Kier alpha value is -5.72. The first-order valence-corrected chi connectivity index (χ1v) is 23.7. The van der Waals surface area contributed by atoms with E-state index in [1.54, 1.807) is 18.3 Å². The van der Waals surface area contributed by atoms with Gasteiger partial charge in [0.05, 0.1) is 43.4 Å². The third kappa shape index (κ3) is 11.5. The van der Waals surface area contributed by atoms with Gasteiger partial charge in [-0.05, 0) is 73.9 Å². The predicted molar refractivity (Wildman–Crippen MR) is 227 cm³/mol. The van der Waals surface area contributed by atoms with Crippen LogP contribution in [0.5, 0.6) is 5.88 Å². The fourth-order valence-corrected chi connectivity index (χ4v) is 8.66. The number of rotatable bonds is 13. The number of methoxy groups -OCH3 is 1. The third-order valence-electron chi connectivity index (χ3n) is 10.6. The lowest BCUT2D eigenvalue weighted by Crippen LogP contribution is -2.41. The van der Waals surface area contributed by atoms with Crippen molar-refractivity contribution in [1.29, 1.82) is 0 Å². The summed E-state index contributed by atoms with van der Waals surface area (Å²) in [6, 6.07) is 12.1. The number of hydrogen-bond acceptors (Lipinski definition) is 13. The van der Waals surface area contributed by atoms with E-state index < -0.39 is 32.9 Å². The molecule has 338 valence electrons. The Morgan fingerprint density at radius 3 is 1.76 bits per heavy atom. The summed E-state index contributed by atoms with van der Waals surface area (Å²) in [7, 11) is -5.03. The van der Waals surface area contributed by atoms with E-state index in [1.807, 2.05) is 11.0 Å². The van der Waals surface area contributed by atoms with Crippen molar-refractivity contribution >= 4 is 43.0 Å². The first kappa shape index (κ1) is 45.3. The molecule has 0 saturated carbocycles. The molecule has 3 N–H and O–H groups in total. The summed E-state index contributed by atoms with van der Waals surface area (Å²) >= 11 is 0. The molecule has 2 aliphatic rings. The quantitative estimate of drug-likeness (QED) is 0.138. The zero-order valence-electron chi connectivity index (χ0n) is 34.5. The lowest BCUT2D eigenvalue weighted by molar-refractivity contribution is 0.144. The largest absolute Gasteiger partial charge is 0.481 e. The fraction of sp³-hybridized carbons (Fsp3) is 0.436. The number of nitrogens with one attached hydrogen (secondary N) is 3. The SMILES string of the molecule is COc1cc(-c2cnc3ccc(C(F)F)nn23)cc(N2CCCC(CNS(C)(=O)=O)C2)n1.CS(=O)(=O)NCC1CCCN(c2cc(-c3cnc4ccc(C(F)F)nn34)cc(=O)[nH]2)C1. The molecule has 0 radical (unpaired) electrons. The Morgan fingerprint density at radius 1 is 0.746 bits per heavy atom. The first-order valence-electron chi connectivity index (χ1n) is 19.9. The second-order valence-corrected chi connectivity index (χ2v) is 19.1. The maximum Gasteiger partial charge on any atom is 0.282 e. The van der Waals surface area contributed by atoms with Crippen molar-refractivity contribution in [3.05, 3.63) is 82.7 Å². The van der Waals surface area contributed by atoms with Crippen LogP contribution < -0.4 is 29.5 Å². The lowest BCUT2D eigenvalue weighted by atomic mass is 9.98. The van der Waals surface area contributed by atoms with Crippen LogP contribution in [0.25, 0.3) is 33.8 Å². The van der Waals surface area contributed by atoms with Crippen molar-refractivity contribution in [3.8, 4) is 28.4 Å². The van der Waals surface area contributed by atoms with E-state index in [9.17, 15) is 39.2 Å². The first-order chi connectivity index (χ1) is 29.9. The molecule has 0 spiro atoms. The zero-order chi connectivity index (χ0) is 45.1. The topological polar surface area (TPSA) is 214 Å². The number of aromatic amines is 1. The van der Waals surface area contributed by atoms with Gasteiger partial charge in [0.2, 0.25) is 31.5 Å². The van der Waals surface area contributed by atoms with Gasteiger partial charge in [-0.25, -0.2) is 62.8 Å². The van der Waals surface area contributed by atoms with Crippen LogP contribution in [0.2, 0.25) is 0 Å². The fourth-order valence-electron chi connectivity index (χ4n) is 7.58. The number of pyridine rings is 2. The number of piperidine rings is 2. The van der Waals surface area contributed by atoms with Gasteiger partial charge in [0.1, 0.15) is 23.0 Å². The molecule has 2 fully saturated rings. The van der Waals surface area contributed by atoms with Gasteiger partial charge in [-0.15, -0.1) is 0 Å². The average Bonchev–Trinajstić information content (AvgIpc) is 3.89. The maximum absolute atomic E-state index is 13.2. The third-order valence-corrected chi connectivity index (χ3v) is 12.0. The second kappa shape index (κ2) is 18.9. The van der Waals surface area contributed by atoms with Crippen LogP contribution in [-0.4, -0.2) is 115 Å². The van der Waals surface area contributed by atoms with Gasteiger partial charge in [-0.1, -0.05) is 0 Å². The highest BCUT2D eigenvalue weighted by molar-refractivity contribution is 7.89. The van der Waals surface area contributed by atoms with Crippen LogP contribution in [0.15, 0.2) is 65.7 Å². The predicted octanol–water partition coefficient (Wildman–Crippen LogP) is 4.29. The molecular weight excluding hydrogens is 873 g/mol. The summed E-state index contributed by atoms with van der Waals surface area (Å²) < 4.78 is 111. The molecule has 2 saturated heterocycles. The van der Waals surface area contributed by atoms with E-state index in [4.69, 9.17) is 4.74 Å². The van der Waals surface area contributed by atoms with Crippen LogP contribution in [0.4, 0.5) is 29.2 Å². The molecule has 18 nitrogen and oxygen atoms in total. The minimum Gasteiger partial charge on any atom is -0.481 e. The number of nitrogens with zero attached hydrogens (tertiary/aromatic N) is 9. The highest BCUT2D eigenvalue weighted by atomic mass is 32.2. The number of sulfonamides is 2. The molecule has 0 amide bonds. The Balaban J connectivity index is 0.000000189. The summed E-state index contributed by atoms with van der Waals surface area (Å²) in [5.74, 6) is 1.84. The number of hydrogen-bond donors (Lipinski definition) is 3. The maximum atomic E-state index is 13.2. The van der Waals surface area contributed by atoms with Crippen molar-refractivity contribution in [2.75, 3.05) is 68.7 Å². The second-order valence-electron chi connectivity index (χ2n) is 15.5.